The number of anilines is 1. The van der Waals surface area contributed by atoms with E-state index in [2.05, 4.69) is 15.8 Å². The summed E-state index contributed by atoms with van der Waals surface area (Å²) in [6.07, 6.45) is 1.30. The first-order valence-electron chi connectivity index (χ1n) is 9.31. The molecule has 0 spiro atoms. The van der Waals surface area contributed by atoms with Crippen molar-refractivity contribution in [3.8, 4) is 11.5 Å². The van der Waals surface area contributed by atoms with Gasteiger partial charge in [0.1, 0.15) is 17.3 Å². The standard InChI is InChI=1S/C23H18FN3O5/c1-31-18-6-4-5-16(13-18)26-21(28)22(29)27-25-14-15-9-11-17(12-10-15)32-23(30)19-7-2-3-8-20(19)24/h2-14H,1H3,(H,26,28)(H,27,29)/b25-14-. The third kappa shape index (κ3) is 5.99. The first-order chi connectivity index (χ1) is 15.5. The minimum absolute atomic E-state index is 0.173. The Labute approximate surface area is 182 Å². The maximum Gasteiger partial charge on any atom is 0.346 e. The number of carbonyl (C=O) groups is 3. The normalized spacial score (nSPS) is 10.4. The van der Waals surface area contributed by atoms with Crippen molar-refractivity contribution < 1.29 is 28.2 Å². The number of amides is 2. The van der Waals surface area contributed by atoms with Crippen LogP contribution in [0.5, 0.6) is 11.5 Å². The molecule has 2 N–H and O–H groups in total. The van der Waals surface area contributed by atoms with E-state index in [-0.39, 0.29) is 11.3 Å². The van der Waals surface area contributed by atoms with Crippen LogP contribution in [-0.4, -0.2) is 31.1 Å². The Balaban J connectivity index is 1.52. The topological polar surface area (TPSA) is 106 Å². The number of ether oxygens (including phenoxy) is 2. The van der Waals surface area contributed by atoms with E-state index in [0.29, 0.717) is 17.0 Å². The van der Waals surface area contributed by atoms with E-state index in [1.807, 2.05) is 0 Å². The smallest absolute Gasteiger partial charge is 0.346 e. The predicted octanol–water partition coefficient (Wildman–Crippen LogP) is 3.14. The third-order valence-electron chi connectivity index (χ3n) is 4.10. The molecular weight excluding hydrogens is 417 g/mol. The molecule has 0 aliphatic carbocycles. The fourth-order valence-electron chi connectivity index (χ4n) is 2.52. The van der Waals surface area contributed by atoms with Gasteiger partial charge in [-0.25, -0.2) is 14.6 Å². The van der Waals surface area contributed by atoms with Gasteiger partial charge in [0, 0.05) is 11.8 Å². The SMILES string of the molecule is COc1cccc(NC(=O)C(=O)N/N=C\c2ccc(OC(=O)c3ccccc3F)cc2)c1. The Bertz CT molecular complexity index is 1160. The lowest BCUT2D eigenvalue weighted by Gasteiger charge is -2.06. The molecule has 162 valence electrons. The number of benzene rings is 3. The Morgan fingerprint density at radius 2 is 1.66 bits per heavy atom. The number of nitrogens with zero attached hydrogens (tertiary/aromatic N) is 1. The molecule has 0 saturated heterocycles. The van der Waals surface area contributed by atoms with Gasteiger partial charge in [0.05, 0.1) is 18.9 Å². The molecule has 8 nitrogen and oxygen atoms in total. The van der Waals surface area contributed by atoms with Crippen LogP contribution < -0.4 is 20.2 Å². The van der Waals surface area contributed by atoms with Gasteiger partial charge in [-0.15, -0.1) is 0 Å². The zero-order chi connectivity index (χ0) is 22.9. The van der Waals surface area contributed by atoms with Crippen LogP contribution in [0, 0.1) is 5.82 Å². The minimum Gasteiger partial charge on any atom is -0.497 e. The molecule has 32 heavy (non-hydrogen) atoms. The van der Waals surface area contributed by atoms with Gasteiger partial charge in [0.25, 0.3) is 0 Å². The molecule has 9 heteroatoms. The minimum atomic E-state index is -0.959. The van der Waals surface area contributed by atoms with E-state index < -0.39 is 23.6 Å². The van der Waals surface area contributed by atoms with Crippen molar-refractivity contribution in [1.82, 2.24) is 5.43 Å². The number of rotatable bonds is 6. The van der Waals surface area contributed by atoms with Crippen LogP contribution in [0.3, 0.4) is 0 Å². The van der Waals surface area contributed by atoms with Gasteiger partial charge < -0.3 is 14.8 Å². The highest BCUT2D eigenvalue weighted by Crippen LogP contribution is 2.17. The summed E-state index contributed by atoms with van der Waals surface area (Å²) in [5, 5.41) is 6.15. The summed E-state index contributed by atoms with van der Waals surface area (Å²) < 4.78 is 23.8. The van der Waals surface area contributed by atoms with Gasteiger partial charge in [-0.2, -0.15) is 5.10 Å². The summed E-state index contributed by atoms with van der Waals surface area (Å²) in [7, 11) is 1.49. The second-order valence-corrected chi connectivity index (χ2v) is 6.32. The van der Waals surface area contributed by atoms with E-state index in [1.165, 1.54) is 49.7 Å². The van der Waals surface area contributed by atoms with Crippen LogP contribution in [0.2, 0.25) is 0 Å². The van der Waals surface area contributed by atoms with Crippen molar-refractivity contribution in [2.24, 2.45) is 5.10 Å². The molecule has 3 aromatic rings. The molecule has 0 aliphatic heterocycles. The van der Waals surface area contributed by atoms with E-state index in [0.717, 1.165) is 0 Å². The zero-order valence-corrected chi connectivity index (χ0v) is 16.9. The maximum atomic E-state index is 13.6. The molecule has 0 saturated carbocycles. The number of hydrogen-bond acceptors (Lipinski definition) is 6. The summed E-state index contributed by atoms with van der Waals surface area (Å²) >= 11 is 0. The lowest BCUT2D eigenvalue weighted by atomic mass is 10.2. The molecule has 3 rings (SSSR count). The molecule has 0 atom stereocenters. The molecule has 0 heterocycles. The lowest BCUT2D eigenvalue weighted by molar-refractivity contribution is -0.136. The van der Waals surface area contributed by atoms with Crippen LogP contribution >= 0.6 is 0 Å². The Morgan fingerprint density at radius 3 is 2.38 bits per heavy atom. The number of hydrogen-bond donors (Lipinski definition) is 2. The van der Waals surface area contributed by atoms with Crippen molar-refractivity contribution in [2.45, 2.75) is 0 Å². The molecule has 0 aromatic heterocycles. The number of hydrazone groups is 1. The quantitative estimate of drug-likeness (QED) is 0.203. The summed E-state index contributed by atoms with van der Waals surface area (Å²) in [5.74, 6) is -2.61. The van der Waals surface area contributed by atoms with Gasteiger partial charge in [0.2, 0.25) is 0 Å². The van der Waals surface area contributed by atoms with Crippen LogP contribution in [0.15, 0.2) is 77.9 Å². The summed E-state index contributed by atoms with van der Waals surface area (Å²) in [6.45, 7) is 0. The lowest BCUT2D eigenvalue weighted by Crippen LogP contribution is -2.32. The Kier molecular flexibility index (Phi) is 7.26. The monoisotopic (exact) mass is 435 g/mol. The van der Waals surface area contributed by atoms with Crippen molar-refractivity contribution in [3.63, 3.8) is 0 Å². The van der Waals surface area contributed by atoms with Crippen molar-refractivity contribution in [2.75, 3.05) is 12.4 Å². The Morgan fingerprint density at radius 1 is 0.906 bits per heavy atom. The van der Waals surface area contributed by atoms with Gasteiger partial charge >= 0.3 is 17.8 Å². The van der Waals surface area contributed by atoms with Gasteiger partial charge in [-0.1, -0.05) is 18.2 Å². The Hall–Kier alpha value is -4.53. The van der Waals surface area contributed by atoms with Crippen LogP contribution in [0.1, 0.15) is 15.9 Å². The molecule has 0 radical (unpaired) electrons. The summed E-state index contributed by atoms with van der Waals surface area (Å²) in [5.41, 5.74) is 2.90. The van der Waals surface area contributed by atoms with Crippen molar-refractivity contribution in [3.05, 3.63) is 89.7 Å². The summed E-state index contributed by atoms with van der Waals surface area (Å²) in [4.78, 5) is 35.8. The fourth-order valence-corrected chi connectivity index (χ4v) is 2.52. The highest BCUT2D eigenvalue weighted by Gasteiger charge is 2.14. The highest BCUT2D eigenvalue weighted by atomic mass is 19.1. The number of halogens is 1. The molecule has 3 aromatic carbocycles. The second kappa shape index (κ2) is 10.5. The van der Waals surface area contributed by atoms with Crippen molar-refractivity contribution >= 4 is 29.7 Å². The molecule has 0 aliphatic rings. The average Bonchev–Trinajstić information content (AvgIpc) is 2.80. The molecule has 0 unspecified atom stereocenters. The number of carbonyl (C=O) groups excluding carboxylic acids is 3. The summed E-state index contributed by atoms with van der Waals surface area (Å²) in [6, 6.07) is 18.1. The number of methoxy groups -OCH3 is 1. The molecular formula is C23H18FN3O5. The van der Waals surface area contributed by atoms with E-state index in [4.69, 9.17) is 9.47 Å². The third-order valence-corrected chi connectivity index (χ3v) is 4.10. The first-order valence-corrected chi connectivity index (χ1v) is 9.31. The zero-order valence-electron chi connectivity index (χ0n) is 16.9. The maximum absolute atomic E-state index is 13.6. The fraction of sp³-hybridized carbons (Fsp3) is 0.0435. The van der Waals surface area contributed by atoms with E-state index in [9.17, 15) is 18.8 Å². The number of nitrogens with one attached hydrogen (secondary N) is 2. The first kappa shape index (κ1) is 22.2. The number of esters is 1. The average molecular weight is 435 g/mol. The van der Waals surface area contributed by atoms with Crippen LogP contribution in [0.25, 0.3) is 0 Å². The molecule has 0 fully saturated rings. The largest absolute Gasteiger partial charge is 0.497 e. The second-order valence-electron chi connectivity index (χ2n) is 6.32. The van der Waals surface area contributed by atoms with Gasteiger partial charge in [0.15, 0.2) is 0 Å². The highest BCUT2D eigenvalue weighted by molar-refractivity contribution is 6.39. The van der Waals surface area contributed by atoms with Gasteiger partial charge in [-0.05, 0) is 54.1 Å². The molecule has 2 amide bonds. The van der Waals surface area contributed by atoms with Gasteiger partial charge in [-0.3, -0.25) is 9.59 Å². The molecule has 0 bridgehead atoms. The van der Waals surface area contributed by atoms with Crippen molar-refractivity contribution in [1.29, 1.82) is 0 Å². The van der Waals surface area contributed by atoms with Crippen LogP contribution in [-0.2, 0) is 9.59 Å². The predicted molar refractivity (Wildman–Crippen MR) is 115 cm³/mol. The van der Waals surface area contributed by atoms with E-state index in [1.54, 1.807) is 36.4 Å². The van der Waals surface area contributed by atoms with E-state index >= 15 is 0 Å². The van der Waals surface area contributed by atoms with Crippen LogP contribution in [0.4, 0.5) is 10.1 Å².